The Morgan fingerprint density at radius 1 is 1.03 bits per heavy atom. The number of carbonyl (C=O) groups is 2. The van der Waals surface area contributed by atoms with E-state index in [1.807, 2.05) is 20.8 Å². The molecule has 0 aliphatic heterocycles. The number of hydrogen-bond acceptors (Lipinski definition) is 4. The van der Waals surface area contributed by atoms with Gasteiger partial charge < -0.3 is 9.84 Å². The normalized spacial score (nSPS) is 22.2. The molecule has 1 N–H and O–H groups in total. The van der Waals surface area contributed by atoms with Gasteiger partial charge in [0.05, 0.1) is 12.2 Å². The topological polar surface area (TPSA) is 63.6 Å². The number of halogens is 2. The van der Waals surface area contributed by atoms with Gasteiger partial charge in [0, 0.05) is 19.3 Å². The zero-order chi connectivity index (χ0) is 21.9. The molecule has 4 nitrogen and oxygen atoms in total. The second kappa shape index (κ2) is 13.3. The quantitative estimate of drug-likeness (QED) is 0.268. The Morgan fingerprint density at radius 3 is 2.38 bits per heavy atom. The van der Waals surface area contributed by atoms with Crippen LogP contribution in [-0.2, 0) is 14.3 Å². The summed E-state index contributed by atoms with van der Waals surface area (Å²) in [5, 5.41) is 10.3. The Hall–Kier alpha value is -1.04. The Labute approximate surface area is 174 Å². The molecule has 1 saturated carbocycles. The van der Waals surface area contributed by atoms with Crippen molar-refractivity contribution in [3.63, 3.8) is 0 Å². The molecule has 0 heterocycles. The minimum absolute atomic E-state index is 0.0817. The van der Waals surface area contributed by atoms with Crippen LogP contribution < -0.4 is 0 Å². The molecule has 3 atom stereocenters. The second-order valence-electron chi connectivity index (χ2n) is 8.83. The molecule has 0 spiro atoms. The minimum atomic E-state index is -3.21. The highest BCUT2D eigenvalue weighted by Gasteiger charge is 2.39. The molecule has 1 aliphatic carbocycles. The van der Waals surface area contributed by atoms with Crippen molar-refractivity contribution in [1.29, 1.82) is 0 Å². The third-order valence-electron chi connectivity index (χ3n) is 5.96. The molecule has 0 aromatic rings. The first kappa shape index (κ1) is 26.0. The van der Waals surface area contributed by atoms with Crippen molar-refractivity contribution >= 4 is 11.8 Å². The molecule has 29 heavy (non-hydrogen) atoms. The average molecular weight is 419 g/mol. The first-order chi connectivity index (χ1) is 13.7. The number of esters is 1. The number of carbonyl (C=O) groups excluding carboxylic acids is 2. The van der Waals surface area contributed by atoms with Gasteiger partial charge in [0.1, 0.15) is 0 Å². The highest BCUT2D eigenvalue weighted by Crippen LogP contribution is 2.39. The summed E-state index contributed by atoms with van der Waals surface area (Å²) in [5.74, 6) is -4.07. The molecule has 0 radical (unpaired) electrons. The lowest BCUT2D eigenvalue weighted by molar-refractivity contribution is -0.147. The highest BCUT2D eigenvalue weighted by atomic mass is 19.3. The Morgan fingerprint density at radius 2 is 1.72 bits per heavy atom. The van der Waals surface area contributed by atoms with Crippen LogP contribution >= 0.6 is 0 Å². The molecule has 1 rings (SSSR count). The molecule has 1 fully saturated rings. The second-order valence-corrected chi connectivity index (χ2v) is 8.83. The Kier molecular flexibility index (Phi) is 11.9. The molecule has 0 unspecified atom stereocenters. The van der Waals surface area contributed by atoms with E-state index < -0.39 is 17.8 Å². The van der Waals surface area contributed by atoms with Gasteiger partial charge in [-0.1, -0.05) is 32.6 Å². The Balaban J connectivity index is 2.28. The standard InChI is InChI=1S/C23H40F2O4/c1-4-5-16-23(24,25)21(27)15-13-18-12-14-20(26)19(18)10-8-6-7-9-11-22(28)29-17(2)3/h17-20,26H,4-16H2,1-3H3/t18-,19-,20+/m1/s1. The maximum Gasteiger partial charge on any atom is 0.306 e. The number of aliphatic hydroxyl groups excluding tert-OH is 1. The van der Waals surface area contributed by atoms with Crippen LogP contribution in [0.5, 0.6) is 0 Å². The van der Waals surface area contributed by atoms with Gasteiger partial charge in [-0.3, -0.25) is 9.59 Å². The van der Waals surface area contributed by atoms with Crippen LogP contribution in [0.25, 0.3) is 0 Å². The summed E-state index contributed by atoms with van der Waals surface area (Å²) in [4.78, 5) is 23.4. The van der Waals surface area contributed by atoms with E-state index in [4.69, 9.17) is 4.74 Å². The van der Waals surface area contributed by atoms with Gasteiger partial charge in [0.2, 0.25) is 5.78 Å². The number of ketones is 1. The van der Waals surface area contributed by atoms with E-state index in [0.29, 0.717) is 32.1 Å². The number of rotatable bonds is 15. The molecule has 170 valence electrons. The minimum Gasteiger partial charge on any atom is -0.463 e. The molecule has 0 aromatic heterocycles. The summed E-state index contributed by atoms with van der Waals surface area (Å²) in [6, 6.07) is 0. The zero-order valence-corrected chi connectivity index (χ0v) is 18.4. The van der Waals surface area contributed by atoms with Crippen LogP contribution in [0.3, 0.4) is 0 Å². The third-order valence-corrected chi connectivity index (χ3v) is 5.96. The van der Waals surface area contributed by atoms with Crippen molar-refractivity contribution in [3.05, 3.63) is 0 Å². The maximum atomic E-state index is 13.9. The van der Waals surface area contributed by atoms with Gasteiger partial charge in [0.25, 0.3) is 0 Å². The first-order valence-corrected chi connectivity index (χ1v) is 11.5. The molecule has 0 saturated heterocycles. The summed E-state index contributed by atoms with van der Waals surface area (Å²) in [5.41, 5.74) is 0. The molecule has 1 aliphatic rings. The van der Waals surface area contributed by atoms with Crippen molar-refractivity contribution in [2.45, 2.75) is 122 Å². The van der Waals surface area contributed by atoms with Gasteiger partial charge in [0.15, 0.2) is 0 Å². The fraction of sp³-hybridized carbons (Fsp3) is 0.913. The van der Waals surface area contributed by atoms with Crippen molar-refractivity contribution in [2.24, 2.45) is 11.8 Å². The van der Waals surface area contributed by atoms with E-state index in [-0.39, 0.29) is 36.8 Å². The predicted octanol–water partition coefficient (Wildman–Crippen LogP) is 5.84. The number of alkyl halides is 2. The lowest BCUT2D eigenvalue weighted by atomic mass is 9.85. The predicted molar refractivity (Wildman–Crippen MR) is 110 cm³/mol. The summed E-state index contributed by atoms with van der Waals surface area (Å²) in [6.45, 7) is 5.50. The van der Waals surface area contributed by atoms with Crippen LogP contribution in [0.4, 0.5) is 8.78 Å². The lowest BCUT2D eigenvalue weighted by Crippen LogP contribution is -2.29. The monoisotopic (exact) mass is 418 g/mol. The van der Waals surface area contributed by atoms with Gasteiger partial charge in [-0.2, -0.15) is 8.78 Å². The van der Waals surface area contributed by atoms with Crippen molar-refractivity contribution < 1.29 is 28.2 Å². The summed E-state index contributed by atoms with van der Waals surface area (Å²) in [7, 11) is 0. The van der Waals surface area contributed by atoms with Crippen LogP contribution in [0, 0.1) is 11.8 Å². The van der Waals surface area contributed by atoms with E-state index in [1.165, 1.54) is 0 Å². The smallest absolute Gasteiger partial charge is 0.306 e. The highest BCUT2D eigenvalue weighted by molar-refractivity contribution is 5.85. The SMILES string of the molecule is CCCCC(F)(F)C(=O)CC[C@H]1CC[C@H](O)[C@@H]1CCCCCCC(=O)OC(C)C. The van der Waals surface area contributed by atoms with E-state index in [0.717, 1.165) is 38.5 Å². The van der Waals surface area contributed by atoms with Gasteiger partial charge in [-0.05, 0) is 64.2 Å². The number of ether oxygens (including phenoxy) is 1. The van der Waals surface area contributed by atoms with Crippen molar-refractivity contribution in [3.8, 4) is 0 Å². The first-order valence-electron chi connectivity index (χ1n) is 11.5. The van der Waals surface area contributed by atoms with Crippen molar-refractivity contribution in [2.75, 3.05) is 0 Å². The number of unbranched alkanes of at least 4 members (excludes halogenated alkanes) is 4. The summed E-state index contributed by atoms with van der Waals surface area (Å²) >= 11 is 0. The molecule has 0 bridgehead atoms. The zero-order valence-electron chi connectivity index (χ0n) is 18.4. The van der Waals surface area contributed by atoms with E-state index in [9.17, 15) is 23.5 Å². The average Bonchev–Trinajstić information content (AvgIpc) is 3.00. The number of Topliss-reactive ketones (excluding diaryl/α,β-unsaturated/α-hetero) is 1. The van der Waals surface area contributed by atoms with Crippen molar-refractivity contribution in [1.82, 2.24) is 0 Å². The van der Waals surface area contributed by atoms with Crippen LogP contribution in [0.2, 0.25) is 0 Å². The Bertz CT molecular complexity index is 493. The summed E-state index contributed by atoms with van der Waals surface area (Å²) < 4.78 is 32.8. The molecular formula is C23H40F2O4. The molecule has 0 amide bonds. The maximum absolute atomic E-state index is 13.9. The van der Waals surface area contributed by atoms with Crippen LogP contribution in [0.15, 0.2) is 0 Å². The molecular weight excluding hydrogens is 378 g/mol. The van der Waals surface area contributed by atoms with Gasteiger partial charge in [-0.25, -0.2) is 0 Å². The molecule has 0 aromatic carbocycles. The van der Waals surface area contributed by atoms with Gasteiger partial charge >= 0.3 is 11.9 Å². The third kappa shape index (κ3) is 10.0. The lowest BCUT2D eigenvalue weighted by Gasteiger charge is -2.23. The van der Waals surface area contributed by atoms with E-state index >= 15 is 0 Å². The van der Waals surface area contributed by atoms with Gasteiger partial charge in [-0.15, -0.1) is 0 Å². The number of hydrogen-bond donors (Lipinski definition) is 1. The molecule has 6 heteroatoms. The van der Waals surface area contributed by atoms with E-state index in [1.54, 1.807) is 0 Å². The largest absolute Gasteiger partial charge is 0.463 e. The van der Waals surface area contributed by atoms with Crippen LogP contribution in [0.1, 0.15) is 104 Å². The fourth-order valence-corrected chi connectivity index (χ4v) is 4.28. The fourth-order valence-electron chi connectivity index (χ4n) is 4.28. The number of aliphatic hydroxyl groups is 1. The van der Waals surface area contributed by atoms with E-state index in [2.05, 4.69) is 0 Å². The van der Waals surface area contributed by atoms with Crippen LogP contribution in [-0.4, -0.2) is 35.0 Å². The summed E-state index contributed by atoms with van der Waals surface area (Å²) in [6.07, 6.45) is 6.95.